The summed E-state index contributed by atoms with van der Waals surface area (Å²) < 4.78 is 35.8. The van der Waals surface area contributed by atoms with Gasteiger partial charge < -0.3 is 9.47 Å². The number of rotatable bonds is 11. The van der Waals surface area contributed by atoms with E-state index >= 15 is 0 Å². The number of hydrogen-bond donors (Lipinski definition) is 0. The van der Waals surface area contributed by atoms with E-state index in [2.05, 4.69) is 16.0 Å². The van der Waals surface area contributed by atoms with Gasteiger partial charge in [0.05, 0.1) is 27.4 Å². The lowest BCUT2D eigenvalue weighted by Gasteiger charge is -2.27. The van der Waals surface area contributed by atoms with Gasteiger partial charge in [-0.15, -0.1) is 11.6 Å². The number of ether oxygens (including phenoxy) is 2. The maximum atomic E-state index is 12.2. The SMILES string of the molecule is CC(C)S(=O)(=O)Cc1nccc(COc2ccc(C(C)(C)c3cc(Cl)c(OCCCl)c(C#N)c3)cc2)n1. The summed E-state index contributed by atoms with van der Waals surface area (Å²) in [6.45, 7) is 7.79. The standard InChI is InChI=1S/C27H29Cl2N3O4S/c1-18(2)37(33,34)17-25-31-11-9-22(32-25)16-36-23-7-5-20(6-8-23)27(3,4)21-13-19(15-30)26(24(29)14-21)35-12-10-28/h5-9,11,13-14,18H,10,12,16-17H2,1-4H3. The Kier molecular flexibility index (Phi) is 9.41. The molecule has 3 rings (SSSR count). The molecule has 196 valence electrons. The van der Waals surface area contributed by atoms with E-state index < -0.39 is 20.5 Å². The third kappa shape index (κ3) is 7.13. The van der Waals surface area contributed by atoms with E-state index in [1.54, 1.807) is 26.0 Å². The maximum Gasteiger partial charge on any atom is 0.159 e. The molecule has 0 saturated heterocycles. The molecule has 0 aliphatic heterocycles. The second-order valence-electron chi connectivity index (χ2n) is 9.24. The van der Waals surface area contributed by atoms with E-state index in [0.29, 0.717) is 33.7 Å². The molecule has 1 aromatic heterocycles. The fourth-order valence-corrected chi connectivity index (χ4v) is 4.74. The maximum absolute atomic E-state index is 12.2. The molecule has 2 aromatic carbocycles. The molecule has 3 aromatic rings. The Morgan fingerprint density at radius 2 is 1.78 bits per heavy atom. The van der Waals surface area contributed by atoms with Gasteiger partial charge in [-0.2, -0.15) is 5.26 Å². The van der Waals surface area contributed by atoms with Crippen molar-refractivity contribution in [3.8, 4) is 17.6 Å². The average molecular weight is 563 g/mol. The van der Waals surface area contributed by atoms with Gasteiger partial charge in [0, 0.05) is 11.6 Å². The highest BCUT2D eigenvalue weighted by Gasteiger charge is 2.26. The Balaban J connectivity index is 1.74. The molecule has 7 nitrogen and oxygen atoms in total. The van der Waals surface area contributed by atoms with Crippen LogP contribution in [0.2, 0.25) is 5.02 Å². The molecule has 0 bridgehead atoms. The number of sulfone groups is 1. The van der Waals surface area contributed by atoms with Crippen LogP contribution in [0.5, 0.6) is 11.5 Å². The highest BCUT2D eigenvalue weighted by atomic mass is 35.5. The van der Waals surface area contributed by atoms with Crippen molar-refractivity contribution in [3.63, 3.8) is 0 Å². The van der Waals surface area contributed by atoms with Crippen molar-refractivity contribution in [2.24, 2.45) is 0 Å². The first kappa shape index (κ1) is 28.7. The molecule has 10 heteroatoms. The van der Waals surface area contributed by atoms with Crippen LogP contribution in [0.3, 0.4) is 0 Å². The number of hydrogen-bond acceptors (Lipinski definition) is 7. The van der Waals surface area contributed by atoms with E-state index in [4.69, 9.17) is 32.7 Å². The van der Waals surface area contributed by atoms with Gasteiger partial charge in [-0.05, 0) is 55.3 Å². The third-order valence-corrected chi connectivity index (χ3v) is 8.52. The average Bonchev–Trinajstić information content (AvgIpc) is 2.86. The number of nitrogens with zero attached hydrogens (tertiary/aromatic N) is 3. The minimum absolute atomic E-state index is 0.172. The molecular weight excluding hydrogens is 533 g/mol. The smallest absolute Gasteiger partial charge is 0.159 e. The van der Waals surface area contributed by atoms with Gasteiger partial charge in [0.2, 0.25) is 0 Å². The molecule has 1 heterocycles. The molecule has 0 amide bonds. The first-order chi connectivity index (χ1) is 17.5. The van der Waals surface area contributed by atoms with Crippen LogP contribution < -0.4 is 9.47 Å². The van der Waals surface area contributed by atoms with Crippen LogP contribution >= 0.6 is 23.2 Å². The minimum atomic E-state index is -3.29. The number of halogens is 2. The Hall–Kier alpha value is -2.86. The van der Waals surface area contributed by atoms with Crippen molar-refractivity contribution in [1.29, 1.82) is 5.26 Å². The van der Waals surface area contributed by atoms with Crippen LogP contribution in [-0.4, -0.2) is 36.1 Å². The van der Waals surface area contributed by atoms with Gasteiger partial charge in [-0.25, -0.2) is 18.4 Å². The first-order valence-electron chi connectivity index (χ1n) is 11.7. The Morgan fingerprint density at radius 1 is 1.08 bits per heavy atom. The summed E-state index contributed by atoms with van der Waals surface area (Å²) in [5.74, 6) is 1.31. The summed E-state index contributed by atoms with van der Waals surface area (Å²) in [7, 11) is -3.29. The number of nitriles is 1. The fraction of sp³-hybridized carbons (Fsp3) is 0.370. The van der Waals surface area contributed by atoms with Crippen molar-refractivity contribution in [3.05, 3.63) is 81.9 Å². The Morgan fingerprint density at radius 3 is 2.41 bits per heavy atom. The minimum Gasteiger partial charge on any atom is -0.489 e. The molecule has 0 atom stereocenters. The topological polar surface area (TPSA) is 102 Å². The van der Waals surface area contributed by atoms with Gasteiger partial charge in [0.15, 0.2) is 15.6 Å². The highest BCUT2D eigenvalue weighted by molar-refractivity contribution is 7.91. The molecule has 0 aliphatic carbocycles. The van der Waals surface area contributed by atoms with Crippen LogP contribution in [0.15, 0.2) is 48.7 Å². The number of alkyl halides is 1. The van der Waals surface area contributed by atoms with Gasteiger partial charge in [0.1, 0.15) is 36.6 Å². The summed E-state index contributed by atoms with van der Waals surface area (Å²) in [5.41, 5.74) is 2.35. The van der Waals surface area contributed by atoms with Gasteiger partial charge in [-0.3, -0.25) is 0 Å². The van der Waals surface area contributed by atoms with Crippen molar-refractivity contribution in [2.45, 2.75) is 50.7 Å². The zero-order valence-electron chi connectivity index (χ0n) is 21.2. The van der Waals surface area contributed by atoms with Crippen LogP contribution in [0.25, 0.3) is 0 Å². The summed E-state index contributed by atoms with van der Waals surface area (Å²) in [5, 5.41) is 9.47. The van der Waals surface area contributed by atoms with Crippen LogP contribution in [0.1, 0.15) is 55.9 Å². The first-order valence-corrected chi connectivity index (χ1v) is 14.3. The summed E-state index contributed by atoms with van der Waals surface area (Å²) >= 11 is 12.2. The van der Waals surface area contributed by atoms with E-state index in [9.17, 15) is 13.7 Å². The largest absolute Gasteiger partial charge is 0.489 e. The summed E-state index contributed by atoms with van der Waals surface area (Å²) in [6.07, 6.45) is 1.54. The lowest BCUT2D eigenvalue weighted by Crippen LogP contribution is -2.19. The van der Waals surface area contributed by atoms with Crippen LogP contribution in [0.4, 0.5) is 0 Å². The van der Waals surface area contributed by atoms with Crippen LogP contribution in [0, 0.1) is 11.3 Å². The van der Waals surface area contributed by atoms with Crippen molar-refractivity contribution in [2.75, 3.05) is 12.5 Å². The third-order valence-electron chi connectivity index (χ3n) is 5.98. The van der Waals surface area contributed by atoms with E-state index in [1.165, 1.54) is 6.20 Å². The second-order valence-corrected chi connectivity index (χ2v) is 12.6. The zero-order valence-corrected chi connectivity index (χ0v) is 23.5. The van der Waals surface area contributed by atoms with Gasteiger partial charge in [-0.1, -0.05) is 37.6 Å². The molecular formula is C27H29Cl2N3O4S. The number of benzene rings is 2. The predicted octanol–water partition coefficient (Wildman–Crippen LogP) is 5.85. The lowest BCUT2D eigenvalue weighted by molar-refractivity contribution is 0.300. The fourth-order valence-electron chi connectivity index (χ4n) is 3.55. The van der Waals surface area contributed by atoms with Crippen molar-refractivity contribution < 1.29 is 17.9 Å². The molecule has 0 radical (unpaired) electrons. The Bertz CT molecular complexity index is 1390. The monoisotopic (exact) mass is 561 g/mol. The number of aromatic nitrogens is 2. The summed E-state index contributed by atoms with van der Waals surface area (Å²) in [4.78, 5) is 8.41. The molecule has 37 heavy (non-hydrogen) atoms. The molecule has 0 spiro atoms. The quantitative estimate of drug-likeness (QED) is 0.270. The molecule has 0 aliphatic rings. The highest BCUT2D eigenvalue weighted by Crippen LogP contribution is 2.38. The molecule has 0 N–H and O–H groups in total. The van der Waals surface area contributed by atoms with Gasteiger partial charge >= 0.3 is 0 Å². The lowest BCUT2D eigenvalue weighted by atomic mass is 9.77. The van der Waals surface area contributed by atoms with Crippen molar-refractivity contribution >= 4 is 33.0 Å². The summed E-state index contributed by atoms with van der Waals surface area (Å²) in [6, 6.07) is 15.1. The van der Waals surface area contributed by atoms with Crippen molar-refractivity contribution in [1.82, 2.24) is 9.97 Å². The molecule has 0 fully saturated rings. The molecule has 0 saturated carbocycles. The normalized spacial score (nSPS) is 11.8. The van der Waals surface area contributed by atoms with E-state index in [1.807, 2.05) is 44.2 Å². The second kappa shape index (κ2) is 12.1. The van der Waals surface area contributed by atoms with E-state index in [-0.39, 0.29) is 24.8 Å². The van der Waals surface area contributed by atoms with E-state index in [0.717, 1.165) is 11.1 Å². The predicted molar refractivity (Wildman–Crippen MR) is 145 cm³/mol. The zero-order chi connectivity index (χ0) is 27.2. The van der Waals surface area contributed by atoms with Crippen LogP contribution in [-0.2, 0) is 27.6 Å². The molecule has 0 unspecified atom stereocenters. The van der Waals surface area contributed by atoms with Gasteiger partial charge in [0.25, 0.3) is 0 Å². The Labute approximate surface area is 228 Å².